The Hall–Kier alpha value is -2.42. The Balaban J connectivity index is 2.18. The number of hydrogen-bond donors (Lipinski definition) is 1. The first-order valence-corrected chi connectivity index (χ1v) is 9.21. The van der Waals surface area contributed by atoms with Crippen molar-refractivity contribution < 1.29 is 27.5 Å². The zero-order chi connectivity index (χ0) is 18.8. The van der Waals surface area contributed by atoms with Crippen LogP contribution in [-0.4, -0.2) is 50.2 Å². The van der Waals surface area contributed by atoms with Crippen LogP contribution >= 0.6 is 0 Å². The second-order valence-corrected chi connectivity index (χ2v) is 7.60. The summed E-state index contributed by atoms with van der Waals surface area (Å²) in [6.07, 6.45) is 0.604. The highest BCUT2D eigenvalue weighted by atomic mass is 32.2. The Kier molecular flexibility index (Phi) is 5.46. The van der Waals surface area contributed by atoms with Crippen LogP contribution in [0.25, 0.3) is 0 Å². The first-order chi connectivity index (χ1) is 11.7. The molecule has 1 aliphatic rings. The van der Waals surface area contributed by atoms with E-state index in [1.165, 1.54) is 25.3 Å². The van der Waals surface area contributed by atoms with Crippen molar-refractivity contribution in [2.24, 2.45) is 5.92 Å². The summed E-state index contributed by atoms with van der Waals surface area (Å²) in [7, 11) is -2.87. The second kappa shape index (κ2) is 7.22. The number of benzene rings is 1. The fourth-order valence-corrected chi connectivity index (χ4v) is 4.06. The zero-order valence-corrected chi connectivity index (χ0v) is 15.0. The lowest BCUT2D eigenvalue weighted by Gasteiger charge is -2.23. The Morgan fingerprint density at radius 2 is 1.92 bits per heavy atom. The van der Waals surface area contributed by atoms with E-state index in [0.29, 0.717) is 10.7 Å². The number of carbonyl (C=O) groups excluding carboxylic acids is 3. The van der Waals surface area contributed by atoms with Crippen LogP contribution < -0.4 is 5.32 Å². The SMILES string of the molecule is CC[C@@H](C)[C@@H](NC(=O)CN1C(=O)c2ccccc2S1(=O)=O)C(=O)OC. The largest absolute Gasteiger partial charge is 0.467 e. The average molecular weight is 368 g/mol. The molecule has 1 N–H and O–H groups in total. The van der Waals surface area contributed by atoms with Crippen molar-refractivity contribution in [3.05, 3.63) is 29.8 Å². The topological polar surface area (TPSA) is 110 Å². The predicted octanol–water partition coefficient (Wildman–Crippen LogP) is 0.535. The van der Waals surface area contributed by atoms with E-state index in [9.17, 15) is 22.8 Å². The van der Waals surface area contributed by atoms with Crippen LogP contribution in [-0.2, 0) is 24.3 Å². The van der Waals surface area contributed by atoms with E-state index < -0.39 is 40.4 Å². The lowest BCUT2D eigenvalue weighted by atomic mass is 9.99. The van der Waals surface area contributed by atoms with Gasteiger partial charge in [-0.05, 0) is 18.1 Å². The van der Waals surface area contributed by atoms with Gasteiger partial charge in [0, 0.05) is 0 Å². The quantitative estimate of drug-likeness (QED) is 0.734. The standard InChI is InChI=1S/C16H20N2O6S/c1-4-10(2)14(16(21)24-3)17-13(19)9-18-15(20)11-7-5-6-8-12(11)25(18,22)23/h5-8,10,14H,4,9H2,1-3H3,(H,17,19)/t10-,14-/m1/s1. The number of ether oxygens (including phenoxy) is 1. The summed E-state index contributed by atoms with van der Waals surface area (Å²) in [6, 6.07) is 4.85. The summed E-state index contributed by atoms with van der Waals surface area (Å²) in [5.74, 6) is -2.34. The molecular formula is C16H20N2O6S. The van der Waals surface area contributed by atoms with Gasteiger partial charge >= 0.3 is 5.97 Å². The molecule has 136 valence electrons. The normalized spacial score (nSPS) is 17.6. The summed E-state index contributed by atoms with van der Waals surface area (Å²) in [5.41, 5.74) is 0.0294. The van der Waals surface area contributed by atoms with E-state index in [1.807, 2.05) is 6.92 Å². The van der Waals surface area contributed by atoms with Crippen molar-refractivity contribution in [2.75, 3.05) is 13.7 Å². The van der Waals surface area contributed by atoms with Crippen LogP contribution in [0.15, 0.2) is 29.2 Å². The van der Waals surface area contributed by atoms with Crippen molar-refractivity contribution in [1.82, 2.24) is 9.62 Å². The maximum Gasteiger partial charge on any atom is 0.328 e. The Morgan fingerprint density at radius 1 is 1.28 bits per heavy atom. The van der Waals surface area contributed by atoms with Crippen LogP contribution in [0.5, 0.6) is 0 Å². The minimum atomic E-state index is -4.07. The molecule has 25 heavy (non-hydrogen) atoms. The van der Waals surface area contributed by atoms with Crippen LogP contribution in [0.2, 0.25) is 0 Å². The predicted molar refractivity (Wildman–Crippen MR) is 88.1 cm³/mol. The molecule has 0 unspecified atom stereocenters. The zero-order valence-electron chi connectivity index (χ0n) is 14.2. The lowest BCUT2D eigenvalue weighted by Crippen LogP contribution is -2.49. The van der Waals surface area contributed by atoms with E-state index in [1.54, 1.807) is 13.0 Å². The number of esters is 1. The summed E-state index contributed by atoms with van der Waals surface area (Å²) in [6.45, 7) is 2.91. The minimum absolute atomic E-state index is 0.0294. The molecule has 0 radical (unpaired) electrons. The number of nitrogens with one attached hydrogen (secondary N) is 1. The van der Waals surface area contributed by atoms with Crippen molar-refractivity contribution in [1.29, 1.82) is 0 Å². The first kappa shape index (κ1) is 18.9. The molecule has 2 atom stereocenters. The van der Waals surface area contributed by atoms with Crippen molar-refractivity contribution >= 4 is 27.8 Å². The van der Waals surface area contributed by atoms with E-state index in [0.717, 1.165) is 0 Å². The van der Waals surface area contributed by atoms with Crippen LogP contribution in [0, 0.1) is 5.92 Å². The molecule has 8 nitrogen and oxygen atoms in total. The highest BCUT2D eigenvalue weighted by Crippen LogP contribution is 2.29. The number of carbonyl (C=O) groups is 3. The van der Waals surface area contributed by atoms with Gasteiger partial charge in [0.15, 0.2) is 0 Å². The Labute approximate surface area is 146 Å². The molecule has 2 rings (SSSR count). The van der Waals surface area contributed by atoms with Gasteiger partial charge in [0.1, 0.15) is 17.5 Å². The van der Waals surface area contributed by atoms with E-state index in [2.05, 4.69) is 10.1 Å². The summed E-state index contributed by atoms with van der Waals surface area (Å²) in [5, 5.41) is 2.46. The summed E-state index contributed by atoms with van der Waals surface area (Å²) >= 11 is 0. The van der Waals surface area contributed by atoms with Gasteiger partial charge in [0.2, 0.25) is 5.91 Å². The number of amides is 2. The molecule has 0 aliphatic carbocycles. The first-order valence-electron chi connectivity index (χ1n) is 7.77. The third kappa shape index (κ3) is 3.51. The molecule has 1 aliphatic heterocycles. The minimum Gasteiger partial charge on any atom is -0.467 e. The van der Waals surface area contributed by atoms with Gasteiger partial charge < -0.3 is 10.1 Å². The smallest absolute Gasteiger partial charge is 0.328 e. The molecule has 0 spiro atoms. The van der Waals surface area contributed by atoms with Gasteiger partial charge in [-0.1, -0.05) is 32.4 Å². The molecule has 1 aromatic rings. The fraction of sp³-hybridized carbons (Fsp3) is 0.438. The molecular weight excluding hydrogens is 348 g/mol. The lowest BCUT2D eigenvalue weighted by molar-refractivity contribution is -0.146. The third-order valence-corrected chi connectivity index (χ3v) is 5.97. The number of fused-ring (bicyclic) bond motifs is 1. The van der Waals surface area contributed by atoms with Gasteiger partial charge in [0.25, 0.3) is 15.9 Å². The summed E-state index contributed by atoms with van der Waals surface area (Å²) < 4.78 is 30.0. The van der Waals surface area contributed by atoms with E-state index >= 15 is 0 Å². The number of rotatable bonds is 6. The van der Waals surface area contributed by atoms with Crippen molar-refractivity contribution in [2.45, 2.75) is 31.2 Å². The third-order valence-electron chi connectivity index (χ3n) is 4.18. The molecule has 0 bridgehead atoms. The summed E-state index contributed by atoms with van der Waals surface area (Å²) in [4.78, 5) is 36.2. The second-order valence-electron chi connectivity index (χ2n) is 5.77. The molecule has 1 aromatic carbocycles. The number of nitrogens with zero attached hydrogens (tertiary/aromatic N) is 1. The highest BCUT2D eigenvalue weighted by Gasteiger charge is 2.42. The number of hydrogen-bond acceptors (Lipinski definition) is 6. The van der Waals surface area contributed by atoms with Crippen LogP contribution in [0.4, 0.5) is 0 Å². The Morgan fingerprint density at radius 3 is 2.48 bits per heavy atom. The van der Waals surface area contributed by atoms with Gasteiger partial charge in [-0.2, -0.15) is 0 Å². The monoisotopic (exact) mass is 368 g/mol. The van der Waals surface area contributed by atoms with E-state index in [-0.39, 0.29) is 16.4 Å². The van der Waals surface area contributed by atoms with E-state index in [4.69, 9.17) is 0 Å². The van der Waals surface area contributed by atoms with Gasteiger partial charge in [0.05, 0.1) is 12.7 Å². The molecule has 0 aromatic heterocycles. The molecule has 0 saturated carbocycles. The maximum absolute atomic E-state index is 12.4. The van der Waals surface area contributed by atoms with Crippen molar-refractivity contribution in [3.8, 4) is 0 Å². The van der Waals surface area contributed by atoms with Crippen LogP contribution in [0.3, 0.4) is 0 Å². The van der Waals surface area contributed by atoms with Crippen LogP contribution in [0.1, 0.15) is 30.6 Å². The number of methoxy groups -OCH3 is 1. The van der Waals surface area contributed by atoms with Gasteiger partial charge in [-0.15, -0.1) is 0 Å². The molecule has 1 heterocycles. The fourth-order valence-electron chi connectivity index (χ4n) is 2.53. The van der Waals surface area contributed by atoms with Crippen molar-refractivity contribution in [3.63, 3.8) is 0 Å². The molecule has 0 fully saturated rings. The molecule has 2 amide bonds. The van der Waals surface area contributed by atoms with Gasteiger partial charge in [-0.25, -0.2) is 17.5 Å². The van der Waals surface area contributed by atoms with Gasteiger partial charge in [-0.3, -0.25) is 9.59 Å². The highest BCUT2D eigenvalue weighted by molar-refractivity contribution is 7.90. The number of sulfonamides is 1. The average Bonchev–Trinajstić information content (AvgIpc) is 2.79. The maximum atomic E-state index is 12.4. The Bertz CT molecular complexity index is 805. The molecule has 0 saturated heterocycles. The molecule has 9 heteroatoms.